The van der Waals surface area contributed by atoms with E-state index in [1.807, 2.05) is 13.8 Å². The Morgan fingerprint density at radius 1 is 0.889 bits per heavy atom. The second kappa shape index (κ2) is 5.13. The van der Waals surface area contributed by atoms with Crippen molar-refractivity contribution in [3.8, 4) is 0 Å². The number of hydrogen-bond acceptors (Lipinski definition) is 2. The van der Waals surface area contributed by atoms with Crippen LogP contribution in [0.15, 0.2) is 42.5 Å². The van der Waals surface area contributed by atoms with E-state index in [4.69, 9.17) is 0 Å². The van der Waals surface area contributed by atoms with Gasteiger partial charge in [0.05, 0.1) is 22.7 Å². The third-order valence-electron chi connectivity index (χ3n) is 3.05. The molecule has 0 saturated carbocycles. The molecule has 0 atom stereocenters. The molecule has 2 heteroatoms. The highest BCUT2D eigenvalue weighted by molar-refractivity contribution is 5.91. The minimum Gasteiger partial charge on any atom is -0.352 e. The quantitative estimate of drug-likeness (QED) is 0.708. The molecule has 0 spiro atoms. The van der Waals surface area contributed by atoms with Gasteiger partial charge in [-0.05, 0) is 36.8 Å². The van der Waals surface area contributed by atoms with Crippen LogP contribution in [0.5, 0.6) is 0 Å². The summed E-state index contributed by atoms with van der Waals surface area (Å²) in [6.45, 7) is 6.12. The van der Waals surface area contributed by atoms with Gasteiger partial charge >= 0.3 is 0 Å². The van der Waals surface area contributed by atoms with Gasteiger partial charge in [-0.25, -0.2) is 0 Å². The Morgan fingerprint density at radius 2 is 1.56 bits per heavy atom. The first kappa shape index (κ1) is 12.5. The fraction of sp³-hybridized carbons (Fsp3) is 0.250. The van der Waals surface area contributed by atoms with Crippen LogP contribution in [0.1, 0.15) is 19.4 Å². The molecule has 18 heavy (non-hydrogen) atoms. The summed E-state index contributed by atoms with van der Waals surface area (Å²) >= 11 is 0. The van der Waals surface area contributed by atoms with Gasteiger partial charge in [-0.1, -0.05) is 32.0 Å². The highest BCUT2D eigenvalue weighted by Gasteiger charge is 2.18. The van der Waals surface area contributed by atoms with Crippen molar-refractivity contribution < 1.29 is 0 Å². The van der Waals surface area contributed by atoms with E-state index in [-0.39, 0.29) is 0 Å². The maximum atomic E-state index is 3.46. The van der Waals surface area contributed by atoms with E-state index in [0.717, 1.165) is 0 Å². The highest BCUT2D eigenvalue weighted by atomic mass is 15.2. The number of benzene rings is 2. The Kier molecular flexibility index (Phi) is 3.56. The van der Waals surface area contributed by atoms with Crippen molar-refractivity contribution in [1.82, 2.24) is 0 Å². The summed E-state index contributed by atoms with van der Waals surface area (Å²) in [6.07, 6.45) is 0. The number of hydrogen-bond donors (Lipinski definition) is 1. The van der Waals surface area contributed by atoms with Gasteiger partial charge in [0.1, 0.15) is 0 Å². The van der Waals surface area contributed by atoms with Gasteiger partial charge in [0, 0.05) is 7.05 Å². The molecule has 0 bridgehead atoms. The Balaban J connectivity index is 0.000000574. The molecule has 2 aromatic carbocycles. The number of anilines is 4. The van der Waals surface area contributed by atoms with Gasteiger partial charge in [-0.3, -0.25) is 0 Å². The average molecular weight is 240 g/mol. The molecule has 1 aliphatic rings. The van der Waals surface area contributed by atoms with Gasteiger partial charge in [-0.15, -0.1) is 0 Å². The Bertz CT molecular complexity index is 547. The summed E-state index contributed by atoms with van der Waals surface area (Å²) in [5.74, 6) is 0. The predicted molar refractivity (Wildman–Crippen MR) is 80.3 cm³/mol. The molecule has 0 fully saturated rings. The van der Waals surface area contributed by atoms with E-state index in [1.165, 1.54) is 28.3 Å². The predicted octanol–water partition coefficient (Wildman–Crippen LogP) is 4.85. The van der Waals surface area contributed by atoms with Crippen molar-refractivity contribution in [3.63, 3.8) is 0 Å². The Labute approximate surface area is 109 Å². The van der Waals surface area contributed by atoms with E-state index < -0.39 is 0 Å². The average Bonchev–Trinajstić information content (AvgIpc) is 2.42. The summed E-state index contributed by atoms with van der Waals surface area (Å²) in [5.41, 5.74) is 6.08. The van der Waals surface area contributed by atoms with Gasteiger partial charge in [0.15, 0.2) is 0 Å². The van der Waals surface area contributed by atoms with Crippen LogP contribution in [-0.4, -0.2) is 7.05 Å². The first-order valence-corrected chi connectivity index (χ1v) is 6.46. The normalized spacial score (nSPS) is 11.7. The fourth-order valence-corrected chi connectivity index (χ4v) is 2.17. The zero-order valence-electron chi connectivity index (χ0n) is 11.5. The smallest absolute Gasteiger partial charge is 0.0650 e. The molecule has 94 valence electrons. The number of nitrogens with one attached hydrogen (secondary N) is 1. The van der Waals surface area contributed by atoms with E-state index >= 15 is 0 Å². The molecule has 0 aliphatic carbocycles. The molecule has 1 aliphatic heterocycles. The molecule has 0 amide bonds. The third-order valence-corrected chi connectivity index (χ3v) is 3.05. The standard InChI is InChI=1S/C14H14N2.C2H6/c1-10-7-8-12-14(9-10)16(2)13-6-4-3-5-11(13)15-12;1-2/h3-9,15H,1-2H3;1-2H3. The monoisotopic (exact) mass is 240 g/mol. The molecule has 1 N–H and O–H groups in total. The molecule has 3 rings (SSSR count). The molecule has 2 aromatic rings. The molecule has 0 aromatic heterocycles. The number of nitrogens with zero attached hydrogens (tertiary/aromatic N) is 1. The summed E-state index contributed by atoms with van der Waals surface area (Å²) in [7, 11) is 2.11. The van der Waals surface area contributed by atoms with Gasteiger partial charge in [-0.2, -0.15) is 0 Å². The maximum absolute atomic E-state index is 3.46. The minimum absolute atomic E-state index is 1.17. The maximum Gasteiger partial charge on any atom is 0.0650 e. The second-order valence-corrected chi connectivity index (χ2v) is 4.22. The minimum atomic E-state index is 1.17. The summed E-state index contributed by atoms with van der Waals surface area (Å²) in [6, 6.07) is 14.8. The number of aryl methyl sites for hydroxylation is 1. The van der Waals surface area contributed by atoms with Crippen LogP contribution in [0.4, 0.5) is 22.7 Å². The lowest BCUT2D eigenvalue weighted by Crippen LogP contribution is -2.17. The molecule has 0 radical (unpaired) electrons. The largest absolute Gasteiger partial charge is 0.352 e. The van der Waals surface area contributed by atoms with Gasteiger partial charge < -0.3 is 10.2 Å². The second-order valence-electron chi connectivity index (χ2n) is 4.22. The Hall–Kier alpha value is -1.96. The van der Waals surface area contributed by atoms with Crippen LogP contribution >= 0.6 is 0 Å². The SMILES string of the molecule is CC.Cc1ccc2c(c1)N(C)c1ccccc1N2. The van der Waals surface area contributed by atoms with E-state index in [9.17, 15) is 0 Å². The number of fused-ring (bicyclic) bond motifs is 2. The summed E-state index contributed by atoms with van der Waals surface area (Å²) < 4.78 is 0. The van der Waals surface area contributed by atoms with E-state index in [2.05, 4.69) is 66.7 Å². The van der Waals surface area contributed by atoms with Crippen LogP contribution in [0.25, 0.3) is 0 Å². The van der Waals surface area contributed by atoms with E-state index in [1.54, 1.807) is 0 Å². The van der Waals surface area contributed by atoms with Crippen molar-refractivity contribution in [2.75, 3.05) is 17.3 Å². The molecular formula is C16H20N2. The Morgan fingerprint density at radius 3 is 2.33 bits per heavy atom. The topological polar surface area (TPSA) is 15.3 Å². The van der Waals surface area contributed by atoms with Gasteiger partial charge in [0.25, 0.3) is 0 Å². The first-order valence-electron chi connectivity index (χ1n) is 6.46. The zero-order valence-corrected chi connectivity index (χ0v) is 11.5. The highest BCUT2D eigenvalue weighted by Crippen LogP contribution is 2.42. The van der Waals surface area contributed by atoms with Crippen molar-refractivity contribution in [1.29, 1.82) is 0 Å². The van der Waals surface area contributed by atoms with Crippen LogP contribution in [0.3, 0.4) is 0 Å². The molecule has 2 nitrogen and oxygen atoms in total. The molecule has 0 unspecified atom stereocenters. The third kappa shape index (κ3) is 2.06. The number of para-hydroxylation sites is 2. The lowest BCUT2D eigenvalue weighted by atomic mass is 10.1. The van der Waals surface area contributed by atoms with Crippen molar-refractivity contribution >= 4 is 22.7 Å². The van der Waals surface area contributed by atoms with Crippen LogP contribution < -0.4 is 10.2 Å². The fourth-order valence-electron chi connectivity index (χ4n) is 2.17. The summed E-state index contributed by atoms with van der Waals surface area (Å²) in [4.78, 5) is 2.23. The van der Waals surface area contributed by atoms with E-state index in [0.29, 0.717) is 0 Å². The van der Waals surface area contributed by atoms with Gasteiger partial charge in [0.2, 0.25) is 0 Å². The first-order chi connectivity index (χ1) is 8.75. The van der Waals surface area contributed by atoms with Crippen LogP contribution in [-0.2, 0) is 0 Å². The van der Waals surface area contributed by atoms with Crippen LogP contribution in [0, 0.1) is 6.92 Å². The lowest BCUT2D eigenvalue weighted by molar-refractivity contribution is 1.18. The van der Waals surface area contributed by atoms with Crippen molar-refractivity contribution in [2.24, 2.45) is 0 Å². The lowest BCUT2D eigenvalue weighted by Gasteiger charge is -2.31. The molecule has 1 heterocycles. The van der Waals surface area contributed by atoms with Crippen LogP contribution in [0.2, 0.25) is 0 Å². The van der Waals surface area contributed by atoms with Crippen molar-refractivity contribution in [3.05, 3.63) is 48.0 Å². The van der Waals surface area contributed by atoms with Crippen molar-refractivity contribution in [2.45, 2.75) is 20.8 Å². The molecular weight excluding hydrogens is 220 g/mol. The zero-order chi connectivity index (χ0) is 13.1. The summed E-state index contributed by atoms with van der Waals surface area (Å²) in [5, 5.41) is 3.46. The molecule has 0 saturated heterocycles. The number of rotatable bonds is 0.